The van der Waals surface area contributed by atoms with Gasteiger partial charge in [0.15, 0.2) is 5.60 Å². The number of oxime groups is 1. The summed E-state index contributed by atoms with van der Waals surface area (Å²) in [6, 6.07) is 0.939. The molecule has 13 heteroatoms. The number of benzene rings is 1. The quantitative estimate of drug-likeness (QED) is 0.236. The minimum atomic E-state index is -1.17. The van der Waals surface area contributed by atoms with Gasteiger partial charge < -0.3 is 26.1 Å². The van der Waals surface area contributed by atoms with E-state index in [1.54, 1.807) is 6.92 Å². The van der Waals surface area contributed by atoms with Crippen LogP contribution in [0.15, 0.2) is 23.4 Å². The van der Waals surface area contributed by atoms with E-state index in [9.17, 15) is 28.4 Å². The van der Waals surface area contributed by atoms with Crippen molar-refractivity contribution in [1.82, 2.24) is 15.5 Å². The number of hydrogen-bond acceptors (Lipinski definition) is 7. The summed E-state index contributed by atoms with van der Waals surface area (Å²) in [7, 11) is 0. The molecule has 1 aliphatic carbocycles. The van der Waals surface area contributed by atoms with Crippen LogP contribution in [0.1, 0.15) is 104 Å². The number of ketones is 1. The Hall–Kier alpha value is -3.54. The van der Waals surface area contributed by atoms with Crippen LogP contribution in [0.3, 0.4) is 0 Å². The molecule has 47 heavy (non-hydrogen) atoms. The summed E-state index contributed by atoms with van der Waals surface area (Å²) in [4.78, 5) is 73.3. The average Bonchev–Trinajstić information content (AvgIpc) is 3.50. The molecule has 258 valence electrons. The van der Waals surface area contributed by atoms with E-state index in [0.717, 1.165) is 38.5 Å². The van der Waals surface area contributed by atoms with Crippen LogP contribution in [-0.2, 0) is 28.8 Å². The topological polar surface area (TPSA) is 160 Å². The van der Waals surface area contributed by atoms with Crippen LogP contribution in [0.25, 0.3) is 0 Å². The number of nitrogens with one attached hydrogen (secondary N) is 2. The predicted molar refractivity (Wildman–Crippen MR) is 175 cm³/mol. The second kappa shape index (κ2) is 15.1. The molecular weight excluding hydrogens is 629 g/mol. The molecule has 2 fully saturated rings. The number of rotatable bonds is 11. The van der Waals surface area contributed by atoms with E-state index in [0.29, 0.717) is 24.1 Å². The lowest BCUT2D eigenvalue weighted by molar-refractivity contribution is -0.145. The van der Waals surface area contributed by atoms with Crippen molar-refractivity contribution in [2.24, 2.45) is 22.2 Å². The highest BCUT2D eigenvalue weighted by Crippen LogP contribution is 2.40. The largest absolute Gasteiger partial charge is 0.387 e. The summed E-state index contributed by atoms with van der Waals surface area (Å²) in [6.07, 6.45) is 7.62. The summed E-state index contributed by atoms with van der Waals surface area (Å²) in [5.74, 6) is -3.77. The molecule has 0 aromatic heterocycles. The van der Waals surface area contributed by atoms with Crippen molar-refractivity contribution in [1.29, 1.82) is 0 Å². The first-order valence-electron chi connectivity index (χ1n) is 16.6. The van der Waals surface area contributed by atoms with Crippen LogP contribution in [-0.4, -0.2) is 70.3 Å². The van der Waals surface area contributed by atoms with Crippen LogP contribution in [0.2, 0.25) is 5.02 Å². The lowest BCUT2D eigenvalue weighted by atomic mass is 9.85. The molecule has 4 N–H and O–H groups in total. The smallest absolute Gasteiger partial charge is 0.287 e. The average molecular weight is 676 g/mol. The molecule has 4 rings (SSSR count). The standard InChI is InChI=1S/C34H47ClFN5O6/c1-5-10-24(28(43)30(37)44)38-31(45)26-18-34(17-25(40-47-34)21-13-14-23(36)22(35)16-21)19-41(26)32(46)29(33(2,3)4)39-27(42)15-20-11-8-6-7-9-12-20/h13-14,16,20,24,26,29H,5-12,15,17-19H2,1-4H3,(H2,37,44)(H,38,45)(H,39,42)/t24-,26-,29+,34+/m0/s1. The number of carbonyl (C=O) groups excluding carboxylic acids is 5. The van der Waals surface area contributed by atoms with Gasteiger partial charge in [0.1, 0.15) is 17.9 Å². The van der Waals surface area contributed by atoms with Gasteiger partial charge in [0.05, 0.1) is 23.3 Å². The first-order chi connectivity index (χ1) is 22.1. The van der Waals surface area contributed by atoms with E-state index < -0.39 is 58.5 Å². The first-order valence-corrected chi connectivity index (χ1v) is 17.0. The molecular formula is C34H47ClFN5O6. The summed E-state index contributed by atoms with van der Waals surface area (Å²) in [5, 5.41) is 9.78. The Morgan fingerprint density at radius 3 is 2.40 bits per heavy atom. The SMILES string of the molecule is CCC[C@H](NC(=O)[C@@H]1C[C@]2(CC(c3ccc(F)c(Cl)c3)=NO2)CN1C(=O)[C@@H](NC(=O)CC1CCCCCC1)C(C)(C)C)C(=O)C(N)=O. The third-order valence-electron chi connectivity index (χ3n) is 9.40. The fraction of sp³-hybridized carbons (Fsp3) is 0.647. The molecule has 4 atom stereocenters. The van der Waals surface area contributed by atoms with Gasteiger partial charge in [-0.05, 0) is 42.7 Å². The van der Waals surface area contributed by atoms with Gasteiger partial charge in [-0.1, -0.05) is 82.6 Å². The fourth-order valence-corrected chi connectivity index (χ4v) is 7.00. The highest BCUT2D eigenvalue weighted by atomic mass is 35.5. The van der Waals surface area contributed by atoms with E-state index in [2.05, 4.69) is 15.8 Å². The minimum absolute atomic E-state index is 0.0169. The van der Waals surface area contributed by atoms with Gasteiger partial charge in [-0.2, -0.15) is 0 Å². The van der Waals surface area contributed by atoms with Crippen molar-refractivity contribution in [3.05, 3.63) is 34.6 Å². The Morgan fingerprint density at radius 1 is 1.13 bits per heavy atom. The molecule has 0 bridgehead atoms. The number of nitrogens with zero attached hydrogens (tertiary/aromatic N) is 2. The number of primary amides is 1. The molecule has 2 aliphatic heterocycles. The van der Waals surface area contributed by atoms with Crippen molar-refractivity contribution in [3.8, 4) is 0 Å². The number of halogens is 2. The normalized spacial score (nSPS) is 23.0. The van der Waals surface area contributed by atoms with E-state index in [1.165, 1.54) is 23.1 Å². The van der Waals surface area contributed by atoms with E-state index in [4.69, 9.17) is 22.2 Å². The lowest BCUT2D eigenvalue weighted by Gasteiger charge is -2.36. The van der Waals surface area contributed by atoms with Crippen LogP contribution in [0, 0.1) is 17.2 Å². The maximum atomic E-state index is 14.5. The number of likely N-dealkylation sites (tertiary alicyclic amines) is 1. The highest BCUT2D eigenvalue weighted by molar-refractivity contribution is 6.37. The Morgan fingerprint density at radius 2 is 1.81 bits per heavy atom. The number of Topliss-reactive ketones (excluding diaryl/α,β-unsaturated/α-hetero) is 1. The van der Waals surface area contributed by atoms with Gasteiger partial charge >= 0.3 is 0 Å². The van der Waals surface area contributed by atoms with Crippen LogP contribution in [0.4, 0.5) is 4.39 Å². The molecule has 0 radical (unpaired) electrons. The van der Waals surface area contributed by atoms with E-state index in [1.807, 2.05) is 20.8 Å². The minimum Gasteiger partial charge on any atom is -0.387 e. The van der Waals surface area contributed by atoms with Gasteiger partial charge in [-0.15, -0.1) is 0 Å². The molecule has 3 aliphatic rings. The Labute approximate surface area is 280 Å². The number of nitrogens with two attached hydrogens (primary N) is 1. The number of amides is 4. The van der Waals surface area contributed by atoms with Crippen LogP contribution < -0.4 is 16.4 Å². The lowest BCUT2D eigenvalue weighted by Crippen LogP contribution is -2.59. The molecule has 1 aromatic carbocycles. The van der Waals surface area contributed by atoms with E-state index in [-0.39, 0.29) is 42.7 Å². The maximum absolute atomic E-state index is 14.5. The zero-order valence-corrected chi connectivity index (χ0v) is 28.5. The third kappa shape index (κ3) is 8.88. The molecule has 1 saturated heterocycles. The predicted octanol–water partition coefficient (Wildman–Crippen LogP) is 4.17. The van der Waals surface area contributed by atoms with Crippen molar-refractivity contribution >= 4 is 46.7 Å². The molecule has 2 heterocycles. The van der Waals surface area contributed by atoms with Gasteiger partial charge in [-0.3, -0.25) is 24.0 Å². The second-order valence-electron chi connectivity index (χ2n) is 14.3. The van der Waals surface area contributed by atoms with Crippen molar-refractivity contribution in [2.75, 3.05) is 6.54 Å². The molecule has 4 amide bonds. The molecule has 1 aromatic rings. The van der Waals surface area contributed by atoms with Gasteiger partial charge in [0.25, 0.3) is 5.91 Å². The Balaban J connectivity index is 1.60. The molecule has 11 nitrogen and oxygen atoms in total. The van der Waals surface area contributed by atoms with Gasteiger partial charge in [0.2, 0.25) is 23.5 Å². The highest BCUT2D eigenvalue weighted by Gasteiger charge is 2.55. The third-order valence-corrected chi connectivity index (χ3v) is 9.69. The van der Waals surface area contributed by atoms with E-state index >= 15 is 0 Å². The Bertz CT molecular complexity index is 1410. The summed E-state index contributed by atoms with van der Waals surface area (Å²) < 4.78 is 13.9. The maximum Gasteiger partial charge on any atom is 0.287 e. The van der Waals surface area contributed by atoms with Crippen LogP contribution >= 0.6 is 11.6 Å². The zero-order chi connectivity index (χ0) is 34.5. The van der Waals surface area contributed by atoms with Gasteiger partial charge in [-0.25, -0.2) is 4.39 Å². The Kier molecular flexibility index (Phi) is 11.7. The van der Waals surface area contributed by atoms with Gasteiger partial charge in [0, 0.05) is 24.8 Å². The fourth-order valence-electron chi connectivity index (χ4n) is 6.82. The zero-order valence-electron chi connectivity index (χ0n) is 27.7. The summed E-state index contributed by atoms with van der Waals surface area (Å²) in [6.45, 7) is 7.29. The summed E-state index contributed by atoms with van der Waals surface area (Å²) in [5.41, 5.74) is 4.42. The second-order valence-corrected chi connectivity index (χ2v) is 14.7. The van der Waals surface area contributed by atoms with Crippen molar-refractivity contribution < 1.29 is 33.2 Å². The van der Waals surface area contributed by atoms with Crippen LogP contribution in [0.5, 0.6) is 0 Å². The van der Waals surface area contributed by atoms with Crippen molar-refractivity contribution in [3.63, 3.8) is 0 Å². The monoisotopic (exact) mass is 675 g/mol. The van der Waals surface area contributed by atoms with Crippen molar-refractivity contribution in [2.45, 2.75) is 122 Å². The molecule has 1 saturated carbocycles. The summed E-state index contributed by atoms with van der Waals surface area (Å²) >= 11 is 6.01. The number of hydrogen-bond donors (Lipinski definition) is 3. The molecule has 1 spiro atoms. The first kappa shape index (κ1) is 36.3. The molecule has 0 unspecified atom stereocenters. The number of carbonyl (C=O) groups is 5.